The minimum atomic E-state index is 0.134. The predicted octanol–water partition coefficient (Wildman–Crippen LogP) is 2.08. The van der Waals surface area contributed by atoms with E-state index in [2.05, 4.69) is 48.9 Å². The summed E-state index contributed by atoms with van der Waals surface area (Å²) >= 11 is 0. The molecule has 0 radical (unpaired) electrons. The molecule has 0 aliphatic heterocycles. The van der Waals surface area contributed by atoms with Crippen LogP contribution in [0.25, 0.3) is 0 Å². The van der Waals surface area contributed by atoms with Gasteiger partial charge in [-0.3, -0.25) is 4.68 Å². The van der Waals surface area contributed by atoms with Crippen LogP contribution in [0.15, 0.2) is 12.3 Å². The van der Waals surface area contributed by atoms with E-state index in [1.54, 1.807) is 0 Å². The van der Waals surface area contributed by atoms with E-state index in [-0.39, 0.29) is 5.54 Å². The molecule has 1 aromatic rings. The second-order valence-electron chi connectivity index (χ2n) is 5.21. The number of likely N-dealkylation sites (N-methyl/N-ethyl adjacent to an activating group) is 1. The van der Waals surface area contributed by atoms with Gasteiger partial charge in [0.2, 0.25) is 0 Å². The van der Waals surface area contributed by atoms with Crippen LogP contribution in [0.4, 0.5) is 0 Å². The topological polar surface area (TPSA) is 29.9 Å². The molecule has 0 unspecified atom stereocenters. The fourth-order valence-electron chi connectivity index (χ4n) is 1.56. The van der Waals surface area contributed by atoms with E-state index < -0.39 is 0 Å². The van der Waals surface area contributed by atoms with Gasteiger partial charge in [0.15, 0.2) is 0 Å². The Morgan fingerprint density at radius 1 is 1.47 bits per heavy atom. The van der Waals surface area contributed by atoms with Gasteiger partial charge in [-0.15, -0.1) is 0 Å². The van der Waals surface area contributed by atoms with E-state index in [4.69, 9.17) is 0 Å². The molecule has 0 saturated carbocycles. The van der Waals surface area contributed by atoms with Crippen molar-refractivity contribution in [1.82, 2.24) is 15.1 Å². The van der Waals surface area contributed by atoms with Gasteiger partial charge < -0.3 is 5.32 Å². The summed E-state index contributed by atoms with van der Waals surface area (Å²) in [7, 11) is 2.00. The van der Waals surface area contributed by atoms with Gasteiger partial charge in [0.1, 0.15) is 0 Å². The number of nitrogens with one attached hydrogen (secondary N) is 1. The highest BCUT2D eigenvalue weighted by molar-refractivity contribution is 5.05. The smallest absolute Gasteiger partial charge is 0.0492 e. The molecule has 3 heteroatoms. The summed E-state index contributed by atoms with van der Waals surface area (Å²) in [5.41, 5.74) is 1.44. The van der Waals surface area contributed by atoms with Crippen LogP contribution in [0.3, 0.4) is 0 Å². The van der Waals surface area contributed by atoms with Gasteiger partial charge in [0.05, 0.1) is 0 Å². The first kappa shape index (κ1) is 12.2. The molecule has 0 spiro atoms. The number of hydrogen-bond acceptors (Lipinski definition) is 2. The molecule has 86 valence electrons. The van der Waals surface area contributed by atoms with Crippen LogP contribution in [0.2, 0.25) is 0 Å². The van der Waals surface area contributed by atoms with E-state index in [0.717, 1.165) is 13.0 Å². The van der Waals surface area contributed by atoms with Crippen molar-refractivity contribution in [2.45, 2.75) is 46.2 Å². The Morgan fingerprint density at radius 3 is 2.67 bits per heavy atom. The highest BCUT2D eigenvalue weighted by Gasteiger charge is 2.18. The maximum atomic E-state index is 4.36. The van der Waals surface area contributed by atoms with E-state index in [1.165, 1.54) is 5.69 Å². The average Bonchev–Trinajstić information content (AvgIpc) is 2.51. The molecular formula is C12H23N3. The molecule has 1 rings (SSSR count). The molecule has 3 nitrogen and oxygen atoms in total. The maximum Gasteiger partial charge on any atom is 0.0492 e. The van der Waals surface area contributed by atoms with Crippen LogP contribution in [0, 0.1) is 5.92 Å². The molecule has 0 aliphatic carbocycles. The van der Waals surface area contributed by atoms with Gasteiger partial charge >= 0.3 is 0 Å². The Labute approximate surface area is 92.9 Å². The molecule has 0 fully saturated rings. The number of nitrogens with zero attached hydrogens (tertiary/aromatic N) is 2. The van der Waals surface area contributed by atoms with E-state index in [1.807, 2.05) is 13.2 Å². The quantitative estimate of drug-likeness (QED) is 0.804. The first-order chi connectivity index (χ1) is 6.94. The van der Waals surface area contributed by atoms with Crippen molar-refractivity contribution in [2.24, 2.45) is 5.92 Å². The van der Waals surface area contributed by atoms with Crippen molar-refractivity contribution in [1.29, 1.82) is 0 Å². The fraction of sp³-hybridized carbons (Fsp3) is 0.750. The summed E-state index contributed by atoms with van der Waals surface area (Å²) in [6, 6.07) is 2.11. The van der Waals surface area contributed by atoms with E-state index >= 15 is 0 Å². The fourth-order valence-corrected chi connectivity index (χ4v) is 1.56. The summed E-state index contributed by atoms with van der Waals surface area (Å²) in [4.78, 5) is 0. The van der Waals surface area contributed by atoms with E-state index in [9.17, 15) is 0 Å². The van der Waals surface area contributed by atoms with Gasteiger partial charge in [-0.2, -0.15) is 5.10 Å². The van der Waals surface area contributed by atoms with Gasteiger partial charge in [-0.1, -0.05) is 13.8 Å². The first-order valence-electron chi connectivity index (χ1n) is 5.64. The standard InChI is InChI=1S/C12H23N3/c1-10(2)9-15-11(6-7-14-15)8-12(3,4)13-5/h6-7,10,13H,8-9H2,1-5H3. The molecular weight excluding hydrogens is 186 g/mol. The molecule has 1 heterocycles. The Morgan fingerprint density at radius 2 is 2.13 bits per heavy atom. The average molecular weight is 209 g/mol. The highest BCUT2D eigenvalue weighted by Crippen LogP contribution is 2.13. The molecule has 15 heavy (non-hydrogen) atoms. The summed E-state index contributed by atoms with van der Waals surface area (Å²) in [6.07, 6.45) is 2.90. The normalized spacial score (nSPS) is 12.4. The SMILES string of the molecule is CNC(C)(C)Cc1ccnn1CC(C)C. The summed E-state index contributed by atoms with van der Waals surface area (Å²) in [5, 5.41) is 7.68. The number of aromatic nitrogens is 2. The molecule has 0 bridgehead atoms. The summed E-state index contributed by atoms with van der Waals surface area (Å²) < 4.78 is 2.11. The zero-order valence-corrected chi connectivity index (χ0v) is 10.5. The Hall–Kier alpha value is -0.830. The first-order valence-corrected chi connectivity index (χ1v) is 5.64. The zero-order chi connectivity index (χ0) is 11.5. The molecule has 1 aromatic heterocycles. The third kappa shape index (κ3) is 3.67. The van der Waals surface area contributed by atoms with Gasteiger partial charge in [-0.25, -0.2) is 0 Å². The van der Waals surface area contributed by atoms with Crippen molar-refractivity contribution in [3.63, 3.8) is 0 Å². The monoisotopic (exact) mass is 209 g/mol. The lowest BCUT2D eigenvalue weighted by Gasteiger charge is -2.24. The molecule has 0 atom stereocenters. The van der Waals surface area contributed by atoms with Crippen molar-refractivity contribution < 1.29 is 0 Å². The Kier molecular flexibility index (Phi) is 3.91. The molecule has 1 N–H and O–H groups in total. The van der Waals surface area contributed by atoms with Crippen molar-refractivity contribution >= 4 is 0 Å². The van der Waals surface area contributed by atoms with Gasteiger partial charge in [0, 0.05) is 30.4 Å². The lowest BCUT2D eigenvalue weighted by atomic mass is 9.99. The van der Waals surface area contributed by atoms with Crippen LogP contribution < -0.4 is 5.32 Å². The largest absolute Gasteiger partial charge is 0.314 e. The number of rotatable bonds is 5. The summed E-state index contributed by atoms with van der Waals surface area (Å²) in [5.74, 6) is 0.640. The van der Waals surface area contributed by atoms with Crippen LogP contribution >= 0.6 is 0 Å². The van der Waals surface area contributed by atoms with Crippen LogP contribution in [-0.2, 0) is 13.0 Å². The molecule has 0 saturated heterocycles. The number of hydrogen-bond donors (Lipinski definition) is 1. The lowest BCUT2D eigenvalue weighted by molar-refractivity contribution is 0.392. The minimum Gasteiger partial charge on any atom is -0.314 e. The lowest BCUT2D eigenvalue weighted by Crippen LogP contribution is -2.39. The van der Waals surface area contributed by atoms with Crippen molar-refractivity contribution in [3.8, 4) is 0 Å². The highest BCUT2D eigenvalue weighted by atomic mass is 15.3. The van der Waals surface area contributed by atoms with E-state index in [0.29, 0.717) is 5.92 Å². The third-order valence-electron chi connectivity index (χ3n) is 2.64. The van der Waals surface area contributed by atoms with Crippen LogP contribution in [0.5, 0.6) is 0 Å². The zero-order valence-electron chi connectivity index (χ0n) is 10.5. The van der Waals surface area contributed by atoms with Crippen molar-refractivity contribution in [3.05, 3.63) is 18.0 Å². The third-order valence-corrected chi connectivity index (χ3v) is 2.64. The Balaban J connectivity index is 2.73. The molecule has 0 aliphatic rings. The van der Waals surface area contributed by atoms with Crippen molar-refractivity contribution in [2.75, 3.05) is 7.05 Å². The van der Waals surface area contributed by atoms with Gasteiger partial charge in [-0.05, 0) is 32.9 Å². The predicted molar refractivity (Wildman–Crippen MR) is 63.9 cm³/mol. The molecule has 0 aromatic carbocycles. The minimum absolute atomic E-state index is 0.134. The summed E-state index contributed by atoms with van der Waals surface area (Å²) in [6.45, 7) is 9.85. The molecule has 0 amide bonds. The Bertz CT molecular complexity index is 300. The van der Waals surface area contributed by atoms with Crippen LogP contribution in [-0.4, -0.2) is 22.4 Å². The second-order valence-corrected chi connectivity index (χ2v) is 5.21. The second kappa shape index (κ2) is 4.79. The maximum absolute atomic E-state index is 4.36. The van der Waals surface area contributed by atoms with Crippen LogP contribution in [0.1, 0.15) is 33.4 Å². The van der Waals surface area contributed by atoms with Gasteiger partial charge in [0.25, 0.3) is 0 Å².